The van der Waals surface area contributed by atoms with Gasteiger partial charge < -0.3 is 14.8 Å². The van der Waals surface area contributed by atoms with Gasteiger partial charge in [0.15, 0.2) is 11.5 Å². The first-order valence-electron chi connectivity index (χ1n) is 6.60. The molecule has 1 aromatic heterocycles. The smallest absolute Gasteiger partial charge is 0.165 e. The van der Waals surface area contributed by atoms with Crippen molar-refractivity contribution in [3.05, 3.63) is 53.9 Å². The van der Waals surface area contributed by atoms with Crippen molar-refractivity contribution in [2.75, 3.05) is 14.2 Å². The average molecular weight is 272 g/mol. The minimum atomic E-state index is 0.173. The van der Waals surface area contributed by atoms with Gasteiger partial charge in [-0.1, -0.05) is 18.2 Å². The second-order valence-electron chi connectivity index (χ2n) is 4.51. The van der Waals surface area contributed by atoms with Crippen LogP contribution in [0.25, 0.3) is 0 Å². The van der Waals surface area contributed by atoms with Crippen LogP contribution >= 0.6 is 0 Å². The van der Waals surface area contributed by atoms with Crippen LogP contribution in [0.4, 0.5) is 0 Å². The Morgan fingerprint density at radius 2 is 1.95 bits per heavy atom. The zero-order valence-corrected chi connectivity index (χ0v) is 12.1. The molecule has 0 aliphatic heterocycles. The number of nitrogens with one attached hydrogen (secondary N) is 1. The van der Waals surface area contributed by atoms with E-state index in [1.807, 2.05) is 36.4 Å². The Labute approximate surface area is 119 Å². The van der Waals surface area contributed by atoms with Crippen LogP contribution in [0.3, 0.4) is 0 Å². The third-order valence-electron chi connectivity index (χ3n) is 3.21. The average Bonchev–Trinajstić information content (AvgIpc) is 2.52. The maximum Gasteiger partial charge on any atom is 0.165 e. The second-order valence-corrected chi connectivity index (χ2v) is 4.51. The third kappa shape index (κ3) is 3.27. The molecule has 0 spiro atoms. The predicted octanol–water partition coefficient (Wildman–Crippen LogP) is 2.95. The number of para-hydroxylation sites is 1. The van der Waals surface area contributed by atoms with Crippen molar-refractivity contribution in [1.29, 1.82) is 0 Å². The van der Waals surface area contributed by atoms with Crippen LogP contribution in [0.5, 0.6) is 11.5 Å². The number of nitrogens with zero attached hydrogens (tertiary/aromatic N) is 1. The maximum absolute atomic E-state index is 5.42. The first kappa shape index (κ1) is 14.3. The molecule has 0 unspecified atom stereocenters. The number of ether oxygens (including phenoxy) is 2. The highest BCUT2D eigenvalue weighted by Crippen LogP contribution is 2.30. The Morgan fingerprint density at radius 3 is 2.60 bits per heavy atom. The Kier molecular flexibility index (Phi) is 4.96. The highest BCUT2D eigenvalue weighted by atomic mass is 16.5. The molecule has 0 bridgehead atoms. The number of methoxy groups -OCH3 is 2. The second kappa shape index (κ2) is 6.91. The predicted molar refractivity (Wildman–Crippen MR) is 79.0 cm³/mol. The maximum atomic E-state index is 5.42. The highest BCUT2D eigenvalue weighted by Gasteiger charge is 2.11. The van der Waals surface area contributed by atoms with Gasteiger partial charge in [-0.3, -0.25) is 4.98 Å². The first-order valence-corrected chi connectivity index (χ1v) is 6.60. The van der Waals surface area contributed by atoms with Gasteiger partial charge in [0.05, 0.1) is 19.9 Å². The molecule has 106 valence electrons. The van der Waals surface area contributed by atoms with Crippen LogP contribution in [0, 0.1) is 0 Å². The first-order chi connectivity index (χ1) is 9.76. The summed E-state index contributed by atoms with van der Waals surface area (Å²) >= 11 is 0. The van der Waals surface area contributed by atoms with Gasteiger partial charge in [-0.15, -0.1) is 0 Å². The van der Waals surface area contributed by atoms with Gasteiger partial charge in [0.1, 0.15) is 0 Å². The summed E-state index contributed by atoms with van der Waals surface area (Å²) in [6, 6.07) is 12.0. The van der Waals surface area contributed by atoms with Crippen molar-refractivity contribution < 1.29 is 9.47 Å². The number of aromatic nitrogens is 1. The molecule has 1 N–H and O–H groups in total. The molecule has 0 saturated carbocycles. The summed E-state index contributed by atoms with van der Waals surface area (Å²) in [4.78, 5) is 4.35. The SMILES string of the molecule is COc1cccc(CN[C@H](C)c2ccccn2)c1OC. The molecular weight excluding hydrogens is 252 g/mol. The van der Waals surface area contributed by atoms with Crippen molar-refractivity contribution in [1.82, 2.24) is 10.3 Å². The summed E-state index contributed by atoms with van der Waals surface area (Å²) in [5.74, 6) is 1.52. The van der Waals surface area contributed by atoms with E-state index in [1.54, 1.807) is 20.4 Å². The molecule has 4 heteroatoms. The van der Waals surface area contributed by atoms with Gasteiger partial charge in [0.25, 0.3) is 0 Å². The molecule has 20 heavy (non-hydrogen) atoms. The fraction of sp³-hybridized carbons (Fsp3) is 0.312. The zero-order valence-electron chi connectivity index (χ0n) is 12.1. The Balaban J connectivity index is 2.07. The molecule has 1 aromatic carbocycles. The van der Waals surface area contributed by atoms with E-state index < -0.39 is 0 Å². The van der Waals surface area contributed by atoms with Crippen molar-refractivity contribution in [3.8, 4) is 11.5 Å². The molecule has 1 heterocycles. The fourth-order valence-electron chi connectivity index (χ4n) is 2.09. The fourth-order valence-corrected chi connectivity index (χ4v) is 2.09. The molecule has 2 aromatic rings. The van der Waals surface area contributed by atoms with E-state index in [0.717, 1.165) is 22.8 Å². The molecule has 0 aliphatic carbocycles. The van der Waals surface area contributed by atoms with E-state index in [-0.39, 0.29) is 6.04 Å². The van der Waals surface area contributed by atoms with Gasteiger partial charge in [-0.05, 0) is 25.1 Å². The molecule has 0 fully saturated rings. The largest absolute Gasteiger partial charge is 0.493 e. The summed E-state index contributed by atoms with van der Waals surface area (Å²) in [5.41, 5.74) is 2.09. The molecule has 0 aliphatic rings. The highest BCUT2D eigenvalue weighted by molar-refractivity contribution is 5.46. The monoisotopic (exact) mass is 272 g/mol. The molecular formula is C16H20N2O2. The molecule has 4 nitrogen and oxygen atoms in total. The van der Waals surface area contributed by atoms with E-state index in [1.165, 1.54) is 0 Å². The number of hydrogen-bond acceptors (Lipinski definition) is 4. The number of rotatable bonds is 6. The van der Waals surface area contributed by atoms with Crippen molar-refractivity contribution >= 4 is 0 Å². The Bertz CT molecular complexity index is 543. The third-order valence-corrected chi connectivity index (χ3v) is 3.21. The summed E-state index contributed by atoms with van der Waals surface area (Å²) in [7, 11) is 3.30. The van der Waals surface area contributed by atoms with E-state index >= 15 is 0 Å². The van der Waals surface area contributed by atoms with Crippen LogP contribution in [0.2, 0.25) is 0 Å². The minimum absolute atomic E-state index is 0.173. The van der Waals surface area contributed by atoms with Crippen LogP contribution in [0.1, 0.15) is 24.2 Å². The van der Waals surface area contributed by atoms with E-state index in [9.17, 15) is 0 Å². The van der Waals surface area contributed by atoms with Crippen LogP contribution in [0.15, 0.2) is 42.6 Å². The normalized spacial score (nSPS) is 11.9. The summed E-state index contributed by atoms with van der Waals surface area (Å²) in [6.07, 6.45) is 1.81. The van der Waals surface area contributed by atoms with Crippen molar-refractivity contribution in [2.24, 2.45) is 0 Å². The quantitative estimate of drug-likeness (QED) is 0.878. The molecule has 1 atom stereocenters. The van der Waals surface area contributed by atoms with Crippen LogP contribution in [-0.2, 0) is 6.54 Å². The van der Waals surface area contributed by atoms with Crippen molar-refractivity contribution in [2.45, 2.75) is 19.5 Å². The Hall–Kier alpha value is -2.07. The van der Waals surface area contributed by atoms with E-state index in [2.05, 4.69) is 17.2 Å². The number of pyridine rings is 1. The van der Waals surface area contributed by atoms with Gasteiger partial charge in [-0.2, -0.15) is 0 Å². The standard InChI is InChI=1S/C16H20N2O2/c1-12(14-8-4-5-10-17-14)18-11-13-7-6-9-15(19-2)16(13)20-3/h4-10,12,18H,11H2,1-3H3/t12-/m1/s1. The summed E-state index contributed by atoms with van der Waals surface area (Å²) < 4.78 is 10.7. The van der Waals surface area contributed by atoms with E-state index in [0.29, 0.717) is 6.54 Å². The molecule has 2 rings (SSSR count). The van der Waals surface area contributed by atoms with Gasteiger partial charge >= 0.3 is 0 Å². The minimum Gasteiger partial charge on any atom is -0.493 e. The summed E-state index contributed by atoms with van der Waals surface area (Å²) in [6.45, 7) is 2.78. The summed E-state index contributed by atoms with van der Waals surface area (Å²) in [5, 5.41) is 3.44. The Morgan fingerprint density at radius 1 is 1.10 bits per heavy atom. The lowest BCUT2D eigenvalue weighted by molar-refractivity contribution is 0.350. The van der Waals surface area contributed by atoms with Crippen LogP contribution in [-0.4, -0.2) is 19.2 Å². The lowest BCUT2D eigenvalue weighted by Crippen LogP contribution is -2.19. The number of benzene rings is 1. The number of hydrogen-bond donors (Lipinski definition) is 1. The molecule has 0 amide bonds. The van der Waals surface area contributed by atoms with Gasteiger partial charge in [0.2, 0.25) is 0 Å². The van der Waals surface area contributed by atoms with E-state index in [4.69, 9.17) is 9.47 Å². The van der Waals surface area contributed by atoms with Crippen molar-refractivity contribution in [3.63, 3.8) is 0 Å². The molecule has 0 saturated heterocycles. The van der Waals surface area contributed by atoms with Crippen LogP contribution < -0.4 is 14.8 Å². The zero-order chi connectivity index (χ0) is 14.4. The van der Waals surface area contributed by atoms with Gasteiger partial charge in [-0.25, -0.2) is 0 Å². The van der Waals surface area contributed by atoms with Gasteiger partial charge in [0, 0.05) is 24.3 Å². The molecule has 0 radical (unpaired) electrons. The topological polar surface area (TPSA) is 43.4 Å². The lowest BCUT2D eigenvalue weighted by atomic mass is 10.1. The lowest BCUT2D eigenvalue weighted by Gasteiger charge is -2.16.